The molecule has 0 saturated carbocycles. The van der Waals surface area contributed by atoms with Crippen molar-refractivity contribution in [3.63, 3.8) is 0 Å². The molecular formula is C14H15FN4O3. The predicted octanol–water partition coefficient (Wildman–Crippen LogP) is 1.70. The van der Waals surface area contributed by atoms with Crippen LogP contribution in [0.15, 0.2) is 35.7 Å². The van der Waals surface area contributed by atoms with E-state index in [0.29, 0.717) is 18.7 Å². The van der Waals surface area contributed by atoms with Gasteiger partial charge in [0.25, 0.3) is 0 Å². The van der Waals surface area contributed by atoms with E-state index in [4.69, 9.17) is 5.41 Å². The molecule has 7 nitrogen and oxygen atoms in total. The van der Waals surface area contributed by atoms with Crippen LogP contribution < -0.4 is 0 Å². The minimum absolute atomic E-state index is 0.196. The Bertz CT molecular complexity index is 705. The Morgan fingerprint density at radius 3 is 2.77 bits per heavy atom. The highest BCUT2D eigenvalue weighted by molar-refractivity contribution is 5.98. The van der Waals surface area contributed by atoms with Crippen LogP contribution in [0.25, 0.3) is 0 Å². The van der Waals surface area contributed by atoms with Gasteiger partial charge in [-0.15, -0.1) is 0 Å². The molecule has 116 valence electrons. The first-order chi connectivity index (χ1) is 10.4. The molecule has 1 aromatic carbocycles. The molecule has 0 aromatic heterocycles. The lowest BCUT2D eigenvalue weighted by Gasteiger charge is -2.35. The largest absolute Gasteiger partial charge is 0.503 e. The van der Waals surface area contributed by atoms with Crippen LogP contribution in [-0.2, 0) is 6.54 Å². The van der Waals surface area contributed by atoms with Crippen molar-refractivity contribution in [3.8, 4) is 0 Å². The molecule has 0 amide bonds. The van der Waals surface area contributed by atoms with Crippen LogP contribution in [0.1, 0.15) is 12.5 Å². The second-order valence-electron chi connectivity index (χ2n) is 5.49. The van der Waals surface area contributed by atoms with Crippen LogP contribution in [0, 0.1) is 21.3 Å². The number of benzene rings is 1. The van der Waals surface area contributed by atoms with E-state index in [9.17, 15) is 19.6 Å². The zero-order valence-corrected chi connectivity index (χ0v) is 11.9. The van der Waals surface area contributed by atoms with Crippen molar-refractivity contribution in [3.05, 3.63) is 57.2 Å². The Hall–Kier alpha value is -2.48. The fourth-order valence-electron chi connectivity index (χ4n) is 3.14. The summed E-state index contributed by atoms with van der Waals surface area (Å²) in [6.45, 7) is 2.65. The molecule has 22 heavy (non-hydrogen) atoms. The molecule has 0 bridgehead atoms. The summed E-state index contributed by atoms with van der Waals surface area (Å²) in [6, 6.07) is 6.28. The minimum Gasteiger partial charge on any atom is -0.503 e. The number of aliphatic hydroxyl groups is 1. The zero-order chi connectivity index (χ0) is 16.1. The van der Waals surface area contributed by atoms with E-state index in [-0.39, 0.29) is 18.2 Å². The van der Waals surface area contributed by atoms with Crippen molar-refractivity contribution in [2.24, 2.45) is 0 Å². The molecule has 0 aliphatic carbocycles. The average Bonchev–Trinajstić information content (AvgIpc) is 2.88. The van der Waals surface area contributed by atoms with Gasteiger partial charge in [-0.1, -0.05) is 18.2 Å². The molecule has 1 fully saturated rings. The van der Waals surface area contributed by atoms with Crippen LogP contribution in [0.2, 0.25) is 0 Å². The van der Waals surface area contributed by atoms with E-state index in [1.54, 1.807) is 30.0 Å². The van der Waals surface area contributed by atoms with Crippen LogP contribution in [-0.4, -0.2) is 44.4 Å². The second kappa shape index (κ2) is 4.77. The molecular weight excluding hydrogens is 291 g/mol. The summed E-state index contributed by atoms with van der Waals surface area (Å²) in [5.41, 5.74) is -1.32. The second-order valence-corrected chi connectivity index (χ2v) is 5.49. The van der Waals surface area contributed by atoms with Crippen molar-refractivity contribution < 1.29 is 14.4 Å². The summed E-state index contributed by atoms with van der Waals surface area (Å²) in [7, 11) is 0. The lowest BCUT2D eigenvalue weighted by atomic mass is 10.1. The number of fused-ring (bicyclic) bond motifs is 1. The molecule has 0 spiro atoms. The Morgan fingerprint density at radius 1 is 1.45 bits per heavy atom. The molecule has 2 aliphatic heterocycles. The van der Waals surface area contributed by atoms with E-state index < -0.39 is 22.0 Å². The van der Waals surface area contributed by atoms with Gasteiger partial charge in [0.15, 0.2) is 5.66 Å². The van der Waals surface area contributed by atoms with Crippen molar-refractivity contribution in [2.45, 2.75) is 19.1 Å². The fraction of sp³-hybridized carbons (Fsp3) is 0.357. The van der Waals surface area contributed by atoms with Crippen LogP contribution in [0.3, 0.4) is 0 Å². The summed E-state index contributed by atoms with van der Waals surface area (Å²) >= 11 is 0. The number of hydrogen-bond donors (Lipinski definition) is 2. The SMILES string of the molecule is CC12C(O)=C([N+](=O)[O-])C(=N)N1CCN2Cc1ccccc1F. The molecule has 2 aliphatic rings. The summed E-state index contributed by atoms with van der Waals surface area (Å²) < 4.78 is 13.8. The van der Waals surface area contributed by atoms with E-state index in [0.717, 1.165) is 0 Å². The highest BCUT2D eigenvalue weighted by Gasteiger charge is 2.58. The Balaban J connectivity index is 1.98. The van der Waals surface area contributed by atoms with Gasteiger partial charge < -0.3 is 10.0 Å². The van der Waals surface area contributed by atoms with E-state index in [1.807, 2.05) is 0 Å². The Morgan fingerprint density at radius 2 is 2.14 bits per heavy atom. The van der Waals surface area contributed by atoms with Gasteiger partial charge in [0.05, 0.1) is 4.92 Å². The van der Waals surface area contributed by atoms with Gasteiger partial charge in [-0.3, -0.25) is 20.4 Å². The maximum Gasteiger partial charge on any atom is 0.351 e. The van der Waals surface area contributed by atoms with Gasteiger partial charge in [-0.25, -0.2) is 4.39 Å². The molecule has 3 rings (SSSR count). The number of halogens is 1. The predicted molar refractivity (Wildman–Crippen MR) is 76.3 cm³/mol. The van der Waals surface area contributed by atoms with Crippen LogP contribution in [0.5, 0.6) is 0 Å². The Kier molecular flexibility index (Phi) is 3.13. The third-order valence-corrected chi connectivity index (χ3v) is 4.40. The normalized spacial score (nSPS) is 25.0. The number of amidine groups is 1. The Labute approximate surface area is 125 Å². The first-order valence-electron chi connectivity index (χ1n) is 6.80. The molecule has 1 unspecified atom stereocenters. The van der Waals surface area contributed by atoms with Crippen molar-refractivity contribution in [1.82, 2.24) is 9.80 Å². The van der Waals surface area contributed by atoms with Crippen LogP contribution >= 0.6 is 0 Å². The average molecular weight is 306 g/mol. The number of nitrogens with zero attached hydrogens (tertiary/aromatic N) is 3. The minimum atomic E-state index is -1.18. The maximum atomic E-state index is 13.8. The summed E-state index contributed by atoms with van der Waals surface area (Å²) in [6.07, 6.45) is 0. The first-order valence-corrected chi connectivity index (χ1v) is 6.80. The third kappa shape index (κ3) is 1.80. The fourth-order valence-corrected chi connectivity index (χ4v) is 3.14. The number of aliphatic hydroxyl groups excluding tert-OH is 1. The molecule has 0 radical (unpaired) electrons. The highest BCUT2D eigenvalue weighted by Crippen LogP contribution is 2.41. The van der Waals surface area contributed by atoms with E-state index >= 15 is 0 Å². The van der Waals surface area contributed by atoms with E-state index in [2.05, 4.69) is 0 Å². The molecule has 1 atom stereocenters. The van der Waals surface area contributed by atoms with Gasteiger partial charge in [-0.05, 0) is 13.0 Å². The summed E-state index contributed by atoms with van der Waals surface area (Å²) in [5, 5.41) is 29.3. The van der Waals surface area contributed by atoms with Gasteiger partial charge in [0.1, 0.15) is 5.82 Å². The molecule has 2 heterocycles. The van der Waals surface area contributed by atoms with E-state index in [1.165, 1.54) is 11.0 Å². The molecule has 1 aromatic rings. The summed E-state index contributed by atoms with van der Waals surface area (Å²) in [5.74, 6) is -1.13. The number of hydrogen-bond acceptors (Lipinski definition) is 5. The molecule has 8 heteroatoms. The maximum absolute atomic E-state index is 13.8. The van der Waals surface area contributed by atoms with Crippen molar-refractivity contribution in [2.75, 3.05) is 13.1 Å². The van der Waals surface area contributed by atoms with Crippen molar-refractivity contribution in [1.29, 1.82) is 5.41 Å². The first kappa shape index (κ1) is 14.5. The quantitative estimate of drug-likeness (QED) is 0.655. The van der Waals surface area contributed by atoms with Gasteiger partial charge >= 0.3 is 5.70 Å². The number of nitro groups is 1. The lowest BCUT2D eigenvalue weighted by Crippen LogP contribution is -2.50. The smallest absolute Gasteiger partial charge is 0.351 e. The standard InChI is InChI=1S/C14H15FN4O3/c1-14-12(20)11(19(21)22)13(16)18(14)7-6-17(14)8-9-4-2-3-5-10(9)15/h2-5,16,20H,6-8H2,1H3. The number of rotatable bonds is 3. The molecule has 2 N–H and O–H groups in total. The van der Waals surface area contributed by atoms with Gasteiger partial charge in [0, 0.05) is 25.2 Å². The monoisotopic (exact) mass is 306 g/mol. The molecule has 1 saturated heterocycles. The van der Waals surface area contributed by atoms with Gasteiger partial charge in [0.2, 0.25) is 11.6 Å². The summed E-state index contributed by atoms with van der Waals surface area (Å²) in [4.78, 5) is 13.5. The third-order valence-electron chi connectivity index (χ3n) is 4.40. The van der Waals surface area contributed by atoms with Crippen LogP contribution in [0.4, 0.5) is 4.39 Å². The van der Waals surface area contributed by atoms with Crippen molar-refractivity contribution >= 4 is 5.84 Å². The number of nitrogens with one attached hydrogen (secondary N) is 1. The lowest BCUT2D eigenvalue weighted by molar-refractivity contribution is -0.418. The van der Waals surface area contributed by atoms with Gasteiger partial charge in [-0.2, -0.15) is 0 Å². The zero-order valence-electron chi connectivity index (χ0n) is 11.9. The highest BCUT2D eigenvalue weighted by atomic mass is 19.1. The topological polar surface area (TPSA) is 93.7 Å².